The molecule has 0 aromatic rings. The lowest BCUT2D eigenvalue weighted by molar-refractivity contribution is -0.0655. The molecule has 1 rings (SSSR count). The smallest absolute Gasteiger partial charge is 0.450 e. The van der Waals surface area contributed by atoms with Crippen molar-refractivity contribution >= 4 is 6.16 Å². The zero-order valence-electron chi connectivity index (χ0n) is 12.5. The molecule has 5 N–H and O–H groups in total. The van der Waals surface area contributed by atoms with Crippen LogP contribution >= 0.6 is 0 Å². The van der Waals surface area contributed by atoms with Gasteiger partial charge in [0.05, 0.1) is 6.10 Å². The van der Waals surface area contributed by atoms with Gasteiger partial charge in [-0.3, -0.25) is 0 Å². The average molecular weight is 292 g/mol. The van der Waals surface area contributed by atoms with Crippen molar-refractivity contribution in [2.24, 2.45) is 17.3 Å². The number of aliphatic hydroxyl groups is 3. The van der Waals surface area contributed by atoms with Crippen molar-refractivity contribution in [2.75, 3.05) is 0 Å². The fourth-order valence-electron chi connectivity index (χ4n) is 2.95. The van der Waals surface area contributed by atoms with Gasteiger partial charge in [-0.1, -0.05) is 20.8 Å². The van der Waals surface area contributed by atoms with Crippen LogP contribution in [0.1, 0.15) is 52.9 Å². The van der Waals surface area contributed by atoms with Crippen LogP contribution in [-0.4, -0.2) is 44.1 Å². The third kappa shape index (κ3) is 7.67. The molecule has 20 heavy (non-hydrogen) atoms. The van der Waals surface area contributed by atoms with Gasteiger partial charge in [0.15, 0.2) is 6.29 Å². The van der Waals surface area contributed by atoms with E-state index in [4.69, 9.17) is 25.2 Å². The first-order valence-electron chi connectivity index (χ1n) is 7.03. The first-order valence-corrected chi connectivity index (χ1v) is 7.03. The third-order valence-electron chi connectivity index (χ3n) is 4.14. The summed E-state index contributed by atoms with van der Waals surface area (Å²) in [6.07, 6.45) is 0.854. The van der Waals surface area contributed by atoms with Crippen LogP contribution in [0.4, 0.5) is 4.79 Å². The molecule has 0 saturated heterocycles. The van der Waals surface area contributed by atoms with Crippen molar-refractivity contribution in [3.05, 3.63) is 0 Å². The summed E-state index contributed by atoms with van der Waals surface area (Å²) in [5.41, 5.74) is 0.0779. The molecule has 3 unspecified atom stereocenters. The molecule has 0 spiro atoms. The van der Waals surface area contributed by atoms with E-state index in [0.29, 0.717) is 18.3 Å². The lowest BCUT2D eigenvalue weighted by atomic mass is 9.65. The van der Waals surface area contributed by atoms with Gasteiger partial charge in [0.2, 0.25) is 0 Å². The standard InChI is InChI=1S/C13H26O3.CH2O3/c1-9(2)10-4-6-13(3,8-11(10)14)7-5-12(15)16;2-1(3)4/h9-12,14-16H,4-8H2,1-3H3;(H2,2,3,4). The van der Waals surface area contributed by atoms with Gasteiger partial charge in [-0.2, -0.15) is 0 Å². The molecule has 0 bridgehead atoms. The second-order valence-electron chi connectivity index (χ2n) is 6.33. The Morgan fingerprint density at radius 1 is 1.30 bits per heavy atom. The van der Waals surface area contributed by atoms with Gasteiger partial charge in [-0.15, -0.1) is 0 Å². The Balaban J connectivity index is 0.000000796. The van der Waals surface area contributed by atoms with E-state index in [-0.39, 0.29) is 11.5 Å². The van der Waals surface area contributed by atoms with Crippen molar-refractivity contribution in [3.63, 3.8) is 0 Å². The molecule has 0 heterocycles. The van der Waals surface area contributed by atoms with Crippen LogP contribution in [0.5, 0.6) is 0 Å². The highest BCUT2D eigenvalue weighted by Gasteiger charge is 2.37. The zero-order chi connectivity index (χ0) is 15.9. The summed E-state index contributed by atoms with van der Waals surface area (Å²) >= 11 is 0. The third-order valence-corrected chi connectivity index (χ3v) is 4.14. The Kier molecular flexibility index (Phi) is 8.08. The molecule has 0 aromatic carbocycles. The fraction of sp³-hybridized carbons (Fsp3) is 0.929. The second-order valence-corrected chi connectivity index (χ2v) is 6.33. The van der Waals surface area contributed by atoms with Gasteiger partial charge in [0.1, 0.15) is 0 Å². The molecule has 0 aromatic heterocycles. The molecule has 1 saturated carbocycles. The van der Waals surface area contributed by atoms with E-state index >= 15 is 0 Å². The molecule has 6 nitrogen and oxygen atoms in total. The Morgan fingerprint density at radius 2 is 1.80 bits per heavy atom. The molecular formula is C14H28O6. The summed E-state index contributed by atoms with van der Waals surface area (Å²) in [5.74, 6) is 0.940. The van der Waals surface area contributed by atoms with Gasteiger partial charge in [0, 0.05) is 0 Å². The van der Waals surface area contributed by atoms with Crippen LogP contribution in [0.2, 0.25) is 0 Å². The topological polar surface area (TPSA) is 118 Å². The van der Waals surface area contributed by atoms with Crippen LogP contribution in [0, 0.1) is 17.3 Å². The molecule has 1 aliphatic carbocycles. The van der Waals surface area contributed by atoms with Gasteiger partial charge >= 0.3 is 6.16 Å². The molecule has 1 fully saturated rings. The molecule has 3 atom stereocenters. The average Bonchev–Trinajstić information content (AvgIpc) is 2.25. The molecule has 0 amide bonds. The number of carbonyl (C=O) groups is 1. The minimum atomic E-state index is -1.83. The number of hydrogen-bond acceptors (Lipinski definition) is 4. The summed E-state index contributed by atoms with van der Waals surface area (Å²) < 4.78 is 0. The van der Waals surface area contributed by atoms with Crippen LogP contribution in [-0.2, 0) is 0 Å². The largest absolute Gasteiger partial charge is 0.503 e. The first kappa shape index (κ1) is 19.1. The number of carboxylic acid groups (broad SMARTS) is 2. The quantitative estimate of drug-likeness (QED) is 0.506. The Bertz CT molecular complexity index is 287. The van der Waals surface area contributed by atoms with Gasteiger partial charge in [-0.25, -0.2) is 4.79 Å². The van der Waals surface area contributed by atoms with Crippen LogP contribution in [0.15, 0.2) is 0 Å². The Morgan fingerprint density at radius 3 is 2.15 bits per heavy atom. The van der Waals surface area contributed by atoms with E-state index in [1.807, 2.05) is 0 Å². The lowest BCUT2D eigenvalue weighted by Gasteiger charge is -2.42. The number of hydrogen-bond donors (Lipinski definition) is 5. The van der Waals surface area contributed by atoms with Crippen molar-refractivity contribution in [1.82, 2.24) is 0 Å². The van der Waals surface area contributed by atoms with Gasteiger partial charge in [0.25, 0.3) is 0 Å². The van der Waals surface area contributed by atoms with E-state index in [9.17, 15) is 5.11 Å². The predicted molar refractivity (Wildman–Crippen MR) is 74.4 cm³/mol. The molecule has 0 aliphatic heterocycles. The predicted octanol–water partition coefficient (Wildman–Crippen LogP) is 2.12. The van der Waals surface area contributed by atoms with E-state index < -0.39 is 12.4 Å². The van der Waals surface area contributed by atoms with E-state index in [1.165, 1.54) is 0 Å². The van der Waals surface area contributed by atoms with Crippen molar-refractivity contribution in [3.8, 4) is 0 Å². The summed E-state index contributed by atoms with van der Waals surface area (Å²) in [4.78, 5) is 8.56. The maximum atomic E-state index is 10.1. The highest BCUT2D eigenvalue weighted by molar-refractivity contribution is 5.53. The fourth-order valence-corrected chi connectivity index (χ4v) is 2.95. The Labute approximate surface area is 120 Å². The summed E-state index contributed by atoms with van der Waals surface area (Å²) in [7, 11) is 0. The monoisotopic (exact) mass is 292 g/mol. The second kappa shape index (κ2) is 8.44. The molecular weight excluding hydrogens is 264 g/mol. The van der Waals surface area contributed by atoms with Crippen molar-refractivity contribution in [2.45, 2.75) is 65.3 Å². The van der Waals surface area contributed by atoms with E-state index in [1.54, 1.807) is 0 Å². The van der Waals surface area contributed by atoms with Crippen LogP contribution < -0.4 is 0 Å². The summed E-state index contributed by atoms with van der Waals surface area (Å²) in [5, 5.41) is 41.9. The first-order chi connectivity index (χ1) is 9.07. The minimum absolute atomic E-state index is 0.0779. The molecule has 1 aliphatic rings. The maximum absolute atomic E-state index is 10.1. The number of aliphatic hydroxyl groups excluding tert-OH is 2. The van der Waals surface area contributed by atoms with Crippen molar-refractivity contribution < 1.29 is 30.3 Å². The minimum Gasteiger partial charge on any atom is -0.450 e. The zero-order valence-corrected chi connectivity index (χ0v) is 12.5. The van der Waals surface area contributed by atoms with E-state index in [2.05, 4.69) is 20.8 Å². The Hall–Kier alpha value is -0.850. The summed E-state index contributed by atoms with van der Waals surface area (Å²) in [6, 6.07) is 0. The molecule has 6 heteroatoms. The van der Waals surface area contributed by atoms with Crippen LogP contribution in [0.3, 0.4) is 0 Å². The van der Waals surface area contributed by atoms with Gasteiger partial charge < -0.3 is 25.5 Å². The van der Waals surface area contributed by atoms with E-state index in [0.717, 1.165) is 25.7 Å². The highest BCUT2D eigenvalue weighted by atomic mass is 16.6. The molecule has 120 valence electrons. The highest BCUT2D eigenvalue weighted by Crippen LogP contribution is 2.44. The normalized spacial score (nSPS) is 30.0. The summed E-state index contributed by atoms with van der Waals surface area (Å²) in [6.45, 7) is 6.47. The molecule has 0 radical (unpaired) electrons. The van der Waals surface area contributed by atoms with Crippen molar-refractivity contribution in [1.29, 1.82) is 0 Å². The van der Waals surface area contributed by atoms with Gasteiger partial charge in [-0.05, 0) is 49.4 Å². The maximum Gasteiger partial charge on any atom is 0.503 e. The SMILES string of the molecule is CC(C)C1CCC(C)(CCC(O)O)CC1O.O=C(O)O. The lowest BCUT2D eigenvalue weighted by Crippen LogP contribution is -2.38. The number of rotatable bonds is 4. The van der Waals surface area contributed by atoms with Crippen LogP contribution in [0.25, 0.3) is 0 Å².